The first kappa shape index (κ1) is 15.5. The Kier molecular flexibility index (Phi) is 5.70. The van der Waals surface area contributed by atoms with Crippen molar-refractivity contribution in [1.29, 1.82) is 0 Å². The highest BCUT2D eigenvalue weighted by Crippen LogP contribution is 2.23. The van der Waals surface area contributed by atoms with E-state index in [1.807, 2.05) is 12.1 Å². The van der Waals surface area contributed by atoms with Gasteiger partial charge in [0.2, 0.25) is 0 Å². The van der Waals surface area contributed by atoms with Crippen molar-refractivity contribution in [2.45, 2.75) is 13.8 Å². The fourth-order valence-electron chi connectivity index (χ4n) is 2.32. The van der Waals surface area contributed by atoms with E-state index in [-0.39, 0.29) is 0 Å². The summed E-state index contributed by atoms with van der Waals surface area (Å²) < 4.78 is 0. The lowest BCUT2D eigenvalue weighted by Crippen LogP contribution is -2.27. The summed E-state index contributed by atoms with van der Waals surface area (Å²) in [6.45, 7) is 6.13. The van der Waals surface area contributed by atoms with Gasteiger partial charge >= 0.3 is 0 Å². The molecule has 0 aliphatic heterocycles. The van der Waals surface area contributed by atoms with Crippen molar-refractivity contribution < 1.29 is 0 Å². The Bertz CT molecular complexity index is 556. The molecule has 1 nitrogen and oxygen atoms in total. The maximum Gasteiger partial charge on any atom is 0.102 e. The zero-order chi connectivity index (χ0) is 15.1. The Hall–Kier alpha value is -1.93. The third-order valence-electron chi connectivity index (χ3n) is 3.51. The average Bonchev–Trinajstić information content (AvgIpc) is 2.55. The van der Waals surface area contributed by atoms with Gasteiger partial charge in [-0.05, 0) is 36.6 Å². The molecule has 2 aromatic rings. The fourth-order valence-corrected chi connectivity index (χ4v) is 2.69. The van der Waals surface area contributed by atoms with Crippen LogP contribution in [0, 0.1) is 0 Å². The minimum atomic E-state index is 0.891. The van der Waals surface area contributed by atoms with Crippen LogP contribution in [-0.4, -0.2) is 23.0 Å². The molecule has 0 saturated carbocycles. The molecule has 108 valence electrons. The van der Waals surface area contributed by atoms with Gasteiger partial charge < -0.3 is 4.90 Å². The molecule has 2 aromatic carbocycles. The largest absolute Gasteiger partial charge is 0.363 e. The third-order valence-corrected chi connectivity index (χ3v) is 3.89. The van der Waals surface area contributed by atoms with Gasteiger partial charge in [-0.2, -0.15) is 0 Å². The smallest absolute Gasteiger partial charge is 0.102 e. The Morgan fingerprint density at radius 1 is 0.857 bits per heavy atom. The molecule has 0 radical (unpaired) electrons. The van der Waals surface area contributed by atoms with Crippen LogP contribution in [0.3, 0.4) is 0 Å². The lowest BCUT2D eigenvalue weighted by atomic mass is 9.97. The minimum absolute atomic E-state index is 0.891. The highest BCUT2D eigenvalue weighted by atomic mass is 32.1. The molecule has 21 heavy (non-hydrogen) atoms. The Morgan fingerprint density at radius 2 is 1.29 bits per heavy atom. The number of hydrogen-bond acceptors (Lipinski definition) is 1. The molecule has 0 aliphatic rings. The van der Waals surface area contributed by atoms with Crippen LogP contribution in [0.2, 0.25) is 0 Å². The van der Waals surface area contributed by atoms with Crippen LogP contribution in [0.15, 0.2) is 66.7 Å². The highest BCUT2D eigenvalue weighted by Gasteiger charge is 2.08. The molecule has 0 aliphatic carbocycles. The Morgan fingerprint density at radius 3 is 1.67 bits per heavy atom. The van der Waals surface area contributed by atoms with E-state index in [1.54, 1.807) is 0 Å². The zero-order valence-corrected chi connectivity index (χ0v) is 13.4. The van der Waals surface area contributed by atoms with Crippen LogP contribution in [0.1, 0.15) is 25.0 Å². The summed E-state index contributed by atoms with van der Waals surface area (Å²) in [4.78, 5) is 3.09. The van der Waals surface area contributed by atoms with Gasteiger partial charge in [-0.3, -0.25) is 0 Å². The van der Waals surface area contributed by atoms with Crippen molar-refractivity contribution in [3.63, 3.8) is 0 Å². The van der Waals surface area contributed by atoms with Crippen molar-refractivity contribution in [3.05, 3.63) is 77.9 Å². The van der Waals surface area contributed by atoms with Crippen molar-refractivity contribution in [3.8, 4) is 0 Å². The summed E-state index contributed by atoms with van der Waals surface area (Å²) in [5, 5.41) is 0. The predicted molar refractivity (Wildman–Crippen MR) is 95.5 cm³/mol. The Labute approximate surface area is 132 Å². The molecule has 2 rings (SSSR count). The van der Waals surface area contributed by atoms with E-state index in [0.717, 1.165) is 18.1 Å². The molecule has 0 amide bonds. The predicted octanol–water partition coefficient (Wildman–Crippen LogP) is 4.79. The maximum atomic E-state index is 5.60. The van der Waals surface area contributed by atoms with Gasteiger partial charge in [-0.1, -0.05) is 72.9 Å². The van der Waals surface area contributed by atoms with E-state index in [2.05, 4.69) is 73.4 Å². The summed E-state index contributed by atoms with van der Waals surface area (Å²) in [6.07, 6.45) is 2.12. The number of rotatable bonds is 5. The van der Waals surface area contributed by atoms with Gasteiger partial charge in [0.15, 0.2) is 0 Å². The summed E-state index contributed by atoms with van der Waals surface area (Å²) >= 11 is 5.60. The van der Waals surface area contributed by atoms with Crippen LogP contribution in [0.4, 0.5) is 0 Å². The van der Waals surface area contributed by atoms with E-state index in [0.29, 0.717) is 0 Å². The second-order valence-corrected chi connectivity index (χ2v) is 5.22. The Balaban J connectivity index is 2.45. The van der Waals surface area contributed by atoms with Gasteiger partial charge in [0.05, 0.1) is 0 Å². The van der Waals surface area contributed by atoms with Crippen LogP contribution in [-0.2, 0) is 0 Å². The van der Waals surface area contributed by atoms with E-state index >= 15 is 0 Å². The van der Waals surface area contributed by atoms with Gasteiger partial charge in [0.1, 0.15) is 4.99 Å². The lowest BCUT2D eigenvalue weighted by molar-refractivity contribution is 0.476. The van der Waals surface area contributed by atoms with Crippen molar-refractivity contribution >= 4 is 22.8 Å². The fraction of sp³-hybridized carbons (Fsp3) is 0.211. The number of benzene rings is 2. The molecule has 0 aromatic heterocycles. The summed E-state index contributed by atoms with van der Waals surface area (Å²) in [7, 11) is 0. The second kappa shape index (κ2) is 7.75. The quantitative estimate of drug-likeness (QED) is 0.576. The van der Waals surface area contributed by atoms with E-state index in [1.165, 1.54) is 16.7 Å². The molecule has 0 spiro atoms. The van der Waals surface area contributed by atoms with E-state index in [4.69, 9.17) is 12.2 Å². The first-order valence-corrected chi connectivity index (χ1v) is 7.78. The van der Waals surface area contributed by atoms with Crippen LogP contribution < -0.4 is 0 Å². The lowest BCUT2D eigenvalue weighted by Gasteiger charge is -2.20. The molecule has 0 N–H and O–H groups in total. The first-order valence-electron chi connectivity index (χ1n) is 7.37. The molecule has 0 heterocycles. The molecule has 0 fully saturated rings. The molecule has 2 heteroatoms. The molecular weight excluding hydrogens is 274 g/mol. The minimum Gasteiger partial charge on any atom is -0.363 e. The van der Waals surface area contributed by atoms with Crippen molar-refractivity contribution in [2.24, 2.45) is 0 Å². The second-order valence-electron chi connectivity index (χ2n) is 4.80. The third kappa shape index (κ3) is 4.02. The molecule has 0 bridgehead atoms. The number of likely N-dealkylation sites (N-methyl/N-ethyl adjacent to an activating group) is 1. The van der Waals surface area contributed by atoms with Gasteiger partial charge in [0.25, 0.3) is 0 Å². The summed E-state index contributed by atoms with van der Waals surface area (Å²) in [5.74, 6) is 0. The number of thiocarbonyl (C=S) groups is 1. The van der Waals surface area contributed by atoms with Crippen LogP contribution in [0.5, 0.6) is 0 Å². The number of hydrogen-bond donors (Lipinski definition) is 0. The normalized spacial score (nSPS) is 10.0. The molecule has 0 atom stereocenters. The standard InChI is InChI=1S/C19H21NS/c1-3-20(4-2)19(21)15-18(16-11-7-5-8-12-16)17-13-9-6-10-14-17/h5-15H,3-4H2,1-2H3. The monoisotopic (exact) mass is 295 g/mol. The average molecular weight is 295 g/mol. The van der Waals surface area contributed by atoms with Gasteiger partial charge in [0, 0.05) is 13.1 Å². The van der Waals surface area contributed by atoms with Crippen molar-refractivity contribution in [2.75, 3.05) is 13.1 Å². The number of nitrogens with zero attached hydrogens (tertiary/aromatic N) is 1. The van der Waals surface area contributed by atoms with Gasteiger partial charge in [-0.25, -0.2) is 0 Å². The van der Waals surface area contributed by atoms with Crippen LogP contribution in [0.25, 0.3) is 5.57 Å². The molecule has 0 unspecified atom stereocenters. The van der Waals surface area contributed by atoms with Crippen LogP contribution >= 0.6 is 12.2 Å². The van der Waals surface area contributed by atoms with E-state index in [9.17, 15) is 0 Å². The summed E-state index contributed by atoms with van der Waals surface area (Å²) in [5.41, 5.74) is 3.56. The zero-order valence-electron chi connectivity index (χ0n) is 12.6. The molecule has 0 saturated heterocycles. The van der Waals surface area contributed by atoms with Gasteiger partial charge in [-0.15, -0.1) is 0 Å². The highest BCUT2D eigenvalue weighted by molar-refractivity contribution is 7.80. The summed E-state index contributed by atoms with van der Waals surface area (Å²) in [6, 6.07) is 20.8. The van der Waals surface area contributed by atoms with Crippen molar-refractivity contribution in [1.82, 2.24) is 4.90 Å². The topological polar surface area (TPSA) is 3.24 Å². The maximum absolute atomic E-state index is 5.60. The molecular formula is C19H21NS. The SMILES string of the molecule is CCN(CC)C(=S)C=C(c1ccccc1)c1ccccc1. The van der Waals surface area contributed by atoms with E-state index < -0.39 is 0 Å². The first-order chi connectivity index (χ1) is 10.3.